The van der Waals surface area contributed by atoms with Gasteiger partial charge in [-0.15, -0.1) is 0 Å². The van der Waals surface area contributed by atoms with Crippen molar-refractivity contribution in [1.29, 1.82) is 0 Å². The standard InChI is InChI=1S/C9H8ClFN2O2/c10-8-1-7(6(11)2-12-8)13-3-5(4-13)9(14)15/h1-2,5H,3-4H2,(H,14,15). The number of nitrogens with zero attached hydrogens (tertiary/aromatic N) is 2. The van der Waals surface area contributed by atoms with Crippen molar-refractivity contribution >= 4 is 23.3 Å². The Morgan fingerprint density at radius 1 is 1.67 bits per heavy atom. The monoisotopic (exact) mass is 230 g/mol. The molecule has 1 N–H and O–H groups in total. The third kappa shape index (κ3) is 1.87. The average molecular weight is 231 g/mol. The Balaban J connectivity index is 2.12. The summed E-state index contributed by atoms with van der Waals surface area (Å²) in [6, 6.07) is 1.40. The number of pyridine rings is 1. The summed E-state index contributed by atoms with van der Waals surface area (Å²) >= 11 is 5.62. The minimum Gasteiger partial charge on any atom is -0.481 e. The lowest BCUT2D eigenvalue weighted by molar-refractivity contribution is -0.142. The molecule has 0 aromatic carbocycles. The zero-order chi connectivity index (χ0) is 11.0. The lowest BCUT2D eigenvalue weighted by atomic mass is 10.00. The van der Waals surface area contributed by atoms with Crippen LogP contribution in [0.4, 0.5) is 10.1 Å². The first kappa shape index (κ1) is 10.2. The van der Waals surface area contributed by atoms with Crippen molar-refractivity contribution in [2.45, 2.75) is 0 Å². The first-order chi connectivity index (χ1) is 7.08. The molecule has 1 aliphatic rings. The molecule has 0 aliphatic carbocycles. The quantitative estimate of drug-likeness (QED) is 0.781. The number of aliphatic carboxylic acids is 1. The molecule has 6 heteroatoms. The molecule has 0 amide bonds. The van der Waals surface area contributed by atoms with Gasteiger partial charge in [-0.05, 0) is 0 Å². The first-order valence-corrected chi connectivity index (χ1v) is 4.74. The smallest absolute Gasteiger partial charge is 0.310 e. The zero-order valence-corrected chi connectivity index (χ0v) is 8.41. The highest BCUT2D eigenvalue weighted by Crippen LogP contribution is 2.28. The highest BCUT2D eigenvalue weighted by molar-refractivity contribution is 6.29. The van der Waals surface area contributed by atoms with Crippen molar-refractivity contribution in [3.05, 3.63) is 23.2 Å². The second-order valence-electron chi connectivity index (χ2n) is 3.40. The van der Waals surface area contributed by atoms with Crippen LogP contribution in [0.2, 0.25) is 5.15 Å². The molecule has 1 aliphatic heterocycles. The summed E-state index contributed by atoms with van der Waals surface area (Å²) in [5.74, 6) is -1.76. The van der Waals surface area contributed by atoms with Gasteiger partial charge in [-0.3, -0.25) is 4.79 Å². The van der Waals surface area contributed by atoms with Crippen molar-refractivity contribution in [2.24, 2.45) is 5.92 Å². The SMILES string of the molecule is O=C(O)C1CN(c2cc(Cl)ncc2F)C1. The maximum Gasteiger partial charge on any atom is 0.310 e. The summed E-state index contributed by atoms with van der Waals surface area (Å²) < 4.78 is 13.3. The summed E-state index contributed by atoms with van der Waals surface area (Å²) in [6.45, 7) is 0.624. The van der Waals surface area contributed by atoms with Gasteiger partial charge in [-0.2, -0.15) is 0 Å². The Kier molecular flexibility index (Phi) is 2.48. The minimum atomic E-state index is -0.855. The van der Waals surface area contributed by atoms with Crippen LogP contribution in [0.25, 0.3) is 0 Å². The second-order valence-corrected chi connectivity index (χ2v) is 3.79. The average Bonchev–Trinajstić information content (AvgIpc) is 2.08. The maximum atomic E-state index is 13.3. The maximum absolute atomic E-state index is 13.3. The number of hydrogen-bond acceptors (Lipinski definition) is 3. The highest BCUT2D eigenvalue weighted by Gasteiger charge is 2.33. The van der Waals surface area contributed by atoms with Crippen molar-refractivity contribution in [1.82, 2.24) is 4.98 Å². The normalized spacial score (nSPS) is 16.3. The topological polar surface area (TPSA) is 53.4 Å². The molecule has 1 aromatic rings. The van der Waals surface area contributed by atoms with E-state index in [1.165, 1.54) is 6.07 Å². The van der Waals surface area contributed by atoms with E-state index in [1.54, 1.807) is 4.90 Å². The van der Waals surface area contributed by atoms with Crippen LogP contribution >= 0.6 is 11.6 Å². The third-order valence-corrected chi connectivity index (χ3v) is 2.58. The van der Waals surface area contributed by atoms with E-state index in [0.29, 0.717) is 18.8 Å². The van der Waals surface area contributed by atoms with E-state index >= 15 is 0 Å². The summed E-state index contributed by atoms with van der Waals surface area (Å²) in [5.41, 5.74) is 0.313. The van der Waals surface area contributed by atoms with Gasteiger partial charge in [0, 0.05) is 19.2 Å². The van der Waals surface area contributed by atoms with Gasteiger partial charge in [0.15, 0.2) is 5.82 Å². The Hall–Kier alpha value is -1.36. The molecule has 0 spiro atoms. The van der Waals surface area contributed by atoms with Crippen molar-refractivity contribution in [3.8, 4) is 0 Å². The third-order valence-electron chi connectivity index (χ3n) is 2.37. The summed E-state index contributed by atoms with van der Waals surface area (Å²) in [7, 11) is 0. The van der Waals surface area contributed by atoms with Crippen LogP contribution in [0.5, 0.6) is 0 Å². The molecule has 2 rings (SSSR count). The Bertz CT molecular complexity index is 407. The Morgan fingerprint density at radius 2 is 2.33 bits per heavy atom. The van der Waals surface area contributed by atoms with Crippen molar-refractivity contribution in [2.75, 3.05) is 18.0 Å². The fraction of sp³-hybridized carbons (Fsp3) is 0.333. The largest absolute Gasteiger partial charge is 0.481 e. The molecule has 0 saturated carbocycles. The van der Waals surface area contributed by atoms with Crippen LogP contribution in [-0.2, 0) is 4.79 Å². The molecule has 1 saturated heterocycles. The van der Waals surface area contributed by atoms with Gasteiger partial charge in [0.2, 0.25) is 0 Å². The number of aromatic nitrogens is 1. The Labute approximate surface area is 90.3 Å². The summed E-state index contributed by atoms with van der Waals surface area (Å²) in [5, 5.41) is 8.86. The van der Waals surface area contributed by atoms with E-state index in [9.17, 15) is 9.18 Å². The van der Waals surface area contributed by atoms with Gasteiger partial charge in [0.25, 0.3) is 0 Å². The number of carboxylic acid groups (broad SMARTS) is 1. The van der Waals surface area contributed by atoms with Crippen LogP contribution in [-0.4, -0.2) is 29.1 Å². The number of rotatable bonds is 2. The first-order valence-electron chi connectivity index (χ1n) is 4.36. The molecule has 0 radical (unpaired) electrons. The molecule has 0 atom stereocenters. The van der Waals surface area contributed by atoms with E-state index in [-0.39, 0.29) is 5.15 Å². The van der Waals surface area contributed by atoms with Crippen LogP contribution in [0.1, 0.15) is 0 Å². The van der Waals surface area contributed by atoms with E-state index in [1.807, 2.05) is 0 Å². The molecular formula is C9H8ClFN2O2. The molecule has 0 bridgehead atoms. The number of carbonyl (C=O) groups is 1. The van der Waals surface area contributed by atoms with Crippen molar-refractivity contribution < 1.29 is 14.3 Å². The number of halogens is 2. The van der Waals surface area contributed by atoms with Gasteiger partial charge in [0.1, 0.15) is 5.15 Å². The van der Waals surface area contributed by atoms with Gasteiger partial charge < -0.3 is 10.0 Å². The fourth-order valence-corrected chi connectivity index (χ4v) is 1.63. The number of anilines is 1. The van der Waals surface area contributed by atoms with Gasteiger partial charge >= 0.3 is 5.97 Å². The van der Waals surface area contributed by atoms with E-state index in [4.69, 9.17) is 16.7 Å². The van der Waals surface area contributed by atoms with Crippen LogP contribution in [0, 0.1) is 11.7 Å². The van der Waals surface area contributed by atoms with E-state index in [0.717, 1.165) is 6.20 Å². The molecule has 15 heavy (non-hydrogen) atoms. The zero-order valence-electron chi connectivity index (χ0n) is 7.65. The van der Waals surface area contributed by atoms with Gasteiger partial charge in [0.05, 0.1) is 17.8 Å². The van der Waals surface area contributed by atoms with Gasteiger partial charge in [-0.25, -0.2) is 9.37 Å². The van der Waals surface area contributed by atoms with Crippen molar-refractivity contribution in [3.63, 3.8) is 0 Å². The van der Waals surface area contributed by atoms with Crippen LogP contribution in [0.15, 0.2) is 12.3 Å². The predicted octanol–water partition coefficient (Wildman–Crippen LogP) is 1.39. The van der Waals surface area contributed by atoms with E-state index in [2.05, 4.69) is 4.98 Å². The second kappa shape index (κ2) is 3.66. The molecule has 1 aromatic heterocycles. The van der Waals surface area contributed by atoms with Crippen LogP contribution < -0.4 is 4.90 Å². The van der Waals surface area contributed by atoms with E-state index < -0.39 is 17.7 Å². The lowest BCUT2D eigenvalue weighted by Crippen LogP contribution is -2.50. The fourth-order valence-electron chi connectivity index (χ4n) is 1.48. The minimum absolute atomic E-state index is 0.199. The number of carboxylic acids is 1. The Morgan fingerprint density at radius 3 is 2.93 bits per heavy atom. The van der Waals surface area contributed by atoms with Crippen LogP contribution in [0.3, 0.4) is 0 Å². The molecule has 80 valence electrons. The van der Waals surface area contributed by atoms with Gasteiger partial charge in [-0.1, -0.05) is 11.6 Å². The predicted molar refractivity (Wildman–Crippen MR) is 52.5 cm³/mol. The summed E-state index contributed by atoms with van der Waals surface area (Å²) in [6.07, 6.45) is 1.03. The lowest BCUT2D eigenvalue weighted by Gasteiger charge is -2.38. The molecule has 0 unspecified atom stereocenters. The molecule has 4 nitrogen and oxygen atoms in total. The molecule has 1 fully saturated rings. The molecule has 2 heterocycles. The molecular weight excluding hydrogens is 223 g/mol. The number of hydrogen-bond donors (Lipinski definition) is 1. The summed E-state index contributed by atoms with van der Waals surface area (Å²) in [4.78, 5) is 15.8. The highest BCUT2D eigenvalue weighted by atomic mass is 35.5.